The molecule has 0 aromatic rings. The first-order chi connectivity index (χ1) is 5.18. The quantitative estimate of drug-likeness (QED) is 0.593. The molecule has 1 amide bonds. The molecule has 64 valence electrons. The number of amides is 1. The maximum absolute atomic E-state index is 10.5. The van der Waals surface area contributed by atoms with Crippen molar-refractivity contribution in [3.8, 4) is 0 Å². The molecule has 0 aliphatic rings. The maximum Gasteiger partial charge on any atom is 0.222 e. The number of carbonyl (C=O) groups excluding carboxylic acids is 1. The summed E-state index contributed by atoms with van der Waals surface area (Å²) < 4.78 is 0. The van der Waals surface area contributed by atoms with Crippen molar-refractivity contribution in [2.75, 3.05) is 13.1 Å². The standard InChI is InChI=1S/C7H15N3O/c1-3-4-9-10-5-6(2)7(8)11/h6H,3-5H2,1-2H3,(H2,8,11). The normalized spacial score (nSPS) is 13.6. The van der Waals surface area contributed by atoms with Gasteiger partial charge < -0.3 is 5.73 Å². The summed E-state index contributed by atoms with van der Waals surface area (Å²) in [5, 5.41) is 7.64. The number of hydrogen-bond acceptors (Lipinski definition) is 3. The number of hydrogen-bond donors (Lipinski definition) is 1. The van der Waals surface area contributed by atoms with Gasteiger partial charge in [-0.3, -0.25) is 4.79 Å². The molecule has 0 fully saturated rings. The van der Waals surface area contributed by atoms with Gasteiger partial charge in [-0.2, -0.15) is 10.2 Å². The zero-order valence-corrected chi connectivity index (χ0v) is 7.08. The van der Waals surface area contributed by atoms with Crippen LogP contribution in [0, 0.1) is 5.92 Å². The Hall–Kier alpha value is -0.930. The molecule has 0 heterocycles. The summed E-state index contributed by atoms with van der Waals surface area (Å²) in [6.07, 6.45) is 0.981. The first-order valence-corrected chi connectivity index (χ1v) is 3.81. The van der Waals surface area contributed by atoms with Gasteiger partial charge >= 0.3 is 0 Å². The van der Waals surface area contributed by atoms with Gasteiger partial charge in [-0.05, 0) is 6.42 Å². The topological polar surface area (TPSA) is 67.8 Å². The van der Waals surface area contributed by atoms with Gasteiger partial charge in [0.15, 0.2) is 0 Å². The molecule has 0 aliphatic heterocycles. The van der Waals surface area contributed by atoms with Crippen LogP contribution in [0.3, 0.4) is 0 Å². The second kappa shape index (κ2) is 5.82. The van der Waals surface area contributed by atoms with Gasteiger partial charge in [0.2, 0.25) is 5.91 Å². The molecule has 4 nitrogen and oxygen atoms in total. The highest BCUT2D eigenvalue weighted by atomic mass is 16.1. The van der Waals surface area contributed by atoms with Gasteiger partial charge in [-0.1, -0.05) is 13.8 Å². The Morgan fingerprint density at radius 3 is 2.64 bits per heavy atom. The maximum atomic E-state index is 10.5. The summed E-state index contributed by atoms with van der Waals surface area (Å²) in [7, 11) is 0. The van der Waals surface area contributed by atoms with Crippen molar-refractivity contribution in [3.63, 3.8) is 0 Å². The molecule has 0 rings (SSSR count). The minimum absolute atomic E-state index is 0.199. The van der Waals surface area contributed by atoms with Crippen molar-refractivity contribution in [2.24, 2.45) is 21.9 Å². The summed E-state index contributed by atoms with van der Waals surface area (Å²) in [6.45, 7) is 4.91. The van der Waals surface area contributed by atoms with Crippen molar-refractivity contribution in [1.82, 2.24) is 0 Å². The van der Waals surface area contributed by atoms with E-state index in [9.17, 15) is 4.79 Å². The van der Waals surface area contributed by atoms with E-state index in [1.54, 1.807) is 6.92 Å². The summed E-state index contributed by atoms with van der Waals surface area (Å²) >= 11 is 0. The van der Waals surface area contributed by atoms with E-state index in [2.05, 4.69) is 10.2 Å². The Labute approximate surface area is 66.9 Å². The van der Waals surface area contributed by atoms with E-state index in [1.165, 1.54) is 0 Å². The van der Waals surface area contributed by atoms with E-state index in [1.807, 2.05) is 6.92 Å². The second-order valence-corrected chi connectivity index (χ2v) is 2.49. The zero-order valence-electron chi connectivity index (χ0n) is 7.08. The summed E-state index contributed by atoms with van der Waals surface area (Å²) in [4.78, 5) is 10.5. The van der Waals surface area contributed by atoms with Crippen molar-refractivity contribution in [3.05, 3.63) is 0 Å². The third-order valence-corrected chi connectivity index (χ3v) is 1.26. The highest BCUT2D eigenvalue weighted by Crippen LogP contribution is 1.93. The van der Waals surface area contributed by atoms with Crippen LogP contribution in [0.15, 0.2) is 10.2 Å². The molecule has 0 aromatic heterocycles. The fourth-order valence-electron chi connectivity index (χ4n) is 0.441. The number of primary amides is 1. The van der Waals surface area contributed by atoms with Crippen LogP contribution in [0.4, 0.5) is 0 Å². The molecular weight excluding hydrogens is 142 g/mol. The van der Waals surface area contributed by atoms with Crippen molar-refractivity contribution in [1.29, 1.82) is 0 Å². The van der Waals surface area contributed by atoms with Crippen LogP contribution in [0.5, 0.6) is 0 Å². The van der Waals surface area contributed by atoms with E-state index >= 15 is 0 Å². The lowest BCUT2D eigenvalue weighted by Crippen LogP contribution is -2.22. The first kappa shape index (κ1) is 10.1. The van der Waals surface area contributed by atoms with Crippen LogP contribution in [0.2, 0.25) is 0 Å². The Morgan fingerprint density at radius 2 is 2.18 bits per heavy atom. The average molecular weight is 157 g/mol. The number of rotatable bonds is 5. The SMILES string of the molecule is CCCN=NCC(C)C(N)=O. The smallest absolute Gasteiger partial charge is 0.222 e. The molecule has 11 heavy (non-hydrogen) atoms. The third kappa shape index (κ3) is 5.51. The molecule has 0 aliphatic carbocycles. The molecule has 1 atom stereocenters. The highest BCUT2D eigenvalue weighted by molar-refractivity contribution is 5.76. The monoisotopic (exact) mass is 157 g/mol. The highest BCUT2D eigenvalue weighted by Gasteiger charge is 2.05. The van der Waals surface area contributed by atoms with Crippen LogP contribution in [-0.2, 0) is 4.79 Å². The van der Waals surface area contributed by atoms with Crippen LogP contribution in [0.1, 0.15) is 20.3 Å². The molecule has 0 aromatic carbocycles. The van der Waals surface area contributed by atoms with Crippen LogP contribution >= 0.6 is 0 Å². The molecule has 2 N–H and O–H groups in total. The van der Waals surface area contributed by atoms with E-state index in [-0.39, 0.29) is 11.8 Å². The fraction of sp³-hybridized carbons (Fsp3) is 0.857. The van der Waals surface area contributed by atoms with E-state index < -0.39 is 0 Å². The number of azo groups is 1. The van der Waals surface area contributed by atoms with E-state index in [0.717, 1.165) is 13.0 Å². The van der Waals surface area contributed by atoms with Crippen molar-refractivity contribution < 1.29 is 4.79 Å². The molecule has 0 radical (unpaired) electrons. The molecular formula is C7H15N3O. The molecule has 4 heteroatoms. The first-order valence-electron chi connectivity index (χ1n) is 3.81. The molecule has 1 unspecified atom stereocenters. The van der Waals surface area contributed by atoms with Gasteiger partial charge in [-0.25, -0.2) is 0 Å². The minimum Gasteiger partial charge on any atom is -0.369 e. The fourth-order valence-corrected chi connectivity index (χ4v) is 0.441. The summed E-state index contributed by atoms with van der Waals surface area (Å²) in [5.41, 5.74) is 5.01. The lowest BCUT2D eigenvalue weighted by Gasteiger charge is -1.99. The van der Waals surface area contributed by atoms with Gasteiger partial charge in [0.25, 0.3) is 0 Å². The van der Waals surface area contributed by atoms with Crippen LogP contribution in [-0.4, -0.2) is 19.0 Å². The predicted molar refractivity (Wildman–Crippen MR) is 43.2 cm³/mol. The Morgan fingerprint density at radius 1 is 1.55 bits per heavy atom. The van der Waals surface area contributed by atoms with Crippen molar-refractivity contribution in [2.45, 2.75) is 20.3 Å². The van der Waals surface area contributed by atoms with Crippen LogP contribution < -0.4 is 5.73 Å². The van der Waals surface area contributed by atoms with Gasteiger partial charge in [0.05, 0.1) is 19.0 Å². The Bertz CT molecular complexity index is 145. The second-order valence-electron chi connectivity index (χ2n) is 2.49. The third-order valence-electron chi connectivity index (χ3n) is 1.26. The average Bonchev–Trinajstić information content (AvgIpc) is 1.97. The van der Waals surface area contributed by atoms with Gasteiger partial charge in [0, 0.05) is 0 Å². The van der Waals surface area contributed by atoms with Crippen molar-refractivity contribution >= 4 is 5.91 Å². The molecule has 0 bridgehead atoms. The largest absolute Gasteiger partial charge is 0.369 e. The zero-order chi connectivity index (χ0) is 8.69. The predicted octanol–water partition coefficient (Wildman–Crippen LogP) is 0.970. The van der Waals surface area contributed by atoms with Gasteiger partial charge in [-0.15, -0.1) is 0 Å². The number of nitrogens with two attached hydrogens (primary N) is 1. The van der Waals surface area contributed by atoms with Gasteiger partial charge in [0.1, 0.15) is 0 Å². The minimum atomic E-state index is -0.319. The number of carbonyl (C=O) groups is 1. The Kier molecular flexibility index (Phi) is 5.33. The molecule has 0 saturated heterocycles. The molecule has 0 spiro atoms. The molecule has 0 saturated carbocycles. The van der Waals surface area contributed by atoms with Crippen LogP contribution in [0.25, 0.3) is 0 Å². The number of nitrogens with zero attached hydrogens (tertiary/aromatic N) is 2. The summed E-state index contributed by atoms with van der Waals surface area (Å²) in [5.74, 6) is -0.518. The lowest BCUT2D eigenvalue weighted by atomic mass is 10.2. The van der Waals surface area contributed by atoms with E-state index in [4.69, 9.17) is 5.73 Å². The van der Waals surface area contributed by atoms with E-state index in [0.29, 0.717) is 6.54 Å². The summed E-state index contributed by atoms with van der Waals surface area (Å²) in [6, 6.07) is 0. The lowest BCUT2D eigenvalue weighted by molar-refractivity contribution is -0.121. The Balaban J connectivity index is 3.44.